The van der Waals surface area contributed by atoms with Gasteiger partial charge < -0.3 is 10.2 Å². The SMILES string of the molecule is Cc1nc(N(C)c2ccccc2)sc1C(=O)Nc1ccc(Cl)c(Cl)c1. The normalized spacial score (nSPS) is 10.6. The molecule has 3 aromatic rings. The third-order valence-corrected chi connectivity index (χ3v) is 5.57. The molecule has 0 aliphatic rings. The first-order chi connectivity index (χ1) is 12.0. The lowest BCUT2D eigenvalue weighted by Crippen LogP contribution is -2.11. The van der Waals surface area contributed by atoms with Gasteiger partial charge in [-0.1, -0.05) is 52.7 Å². The number of amides is 1. The molecule has 0 radical (unpaired) electrons. The Bertz CT molecular complexity index is 912. The molecule has 3 rings (SSSR count). The molecule has 1 aromatic heterocycles. The fraction of sp³-hybridized carbons (Fsp3) is 0.111. The predicted octanol–water partition coefficient (Wildman–Crippen LogP) is 5.78. The summed E-state index contributed by atoms with van der Waals surface area (Å²) in [6.45, 7) is 1.82. The minimum absolute atomic E-state index is 0.221. The topological polar surface area (TPSA) is 45.2 Å². The van der Waals surface area contributed by atoms with Crippen LogP contribution in [0.25, 0.3) is 0 Å². The molecule has 1 N–H and O–H groups in total. The van der Waals surface area contributed by atoms with E-state index in [1.54, 1.807) is 18.2 Å². The van der Waals surface area contributed by atoms with Gasteiger partial charge in [-0.15, -0.1) is 0 Å². The second-order valence-corrected chi connectivity index (χ2v) is 7.18. The van der Waals surface area contributed by atoms with Gasteiger partial charge in [0.05, 0.1) is 15.7 Å². The standard InChI is InChI=1S/C18H15Cl2N3OS/c1-11-16(17(24)22-12-8-9-14(19)15(20)10-12)25-18(21-11)23(2)13-6-4-3-5-7-13/h3-10H,1-2H3,(H,22,24). The molecular weight excluding hydrogens is 377 g/mol. The number of rotatable bonds is 4. The first kappa shape index (κ1) is 17.7. The number of nitrogens with zero attached hydrogens (tertiary/aromatic N) is 2. The van der Waals surface area contributed by atoms with Crippen molar-refractivity contribution >= 4 is 57.0 Å². The summed E-state index contributed by atoms with van der Waals surface area (Å²) >= 11 is 13.2. The highest BCUT2D eigenvalue weighted by molar-refractivity contribution is 7.17. The zero-order valence-electron chi connectivity index (χ0n) is 13.6. The summed E-state index contributed by atoms with van der Waals surface area (Å²) in [5.74, 6) is -0.221. The summed E-state index contributed by atoms with van der Waals surface area (Å²) in [4.78, 5) is 19.6. The molecule has 0 aliphatic heterocycles. The van der Waals surface area contributed by atoms with Gasteiger partial charge in [-0.3, -0.25) is 4.79 Å². The number of hydrogen-bond donors (Lipinski definition) is 1. The van der Waals surface area contributed by atoms with E-state index in [-0.39, 0.29) is 5.91 Å². The van der Waals surface area contributed by atoms with Crippen molar-refractivity contribution in [2.24, 2.45) is 0 Å². The third kappa shape index (κ3) is 3.95. The summed E-state index contributed by atoms with van der Waals surface area (Å²) in [5, 5.41) is 4.42. The number of benzene rings is 2. The Kier molecular flexibility index (Phi) is 5.27. The number of nitrogens with one attached hydrogen (secondary N) is 1. The van der Waals surface area contributed by atoms with Crippen LogP contribution >= 0.6 is 34.5 Å². The summed E-state index contributed by atoms with van der Waals surface area (Å²) in [6, 6.07) is 14.8. The van der Waals surface area contributed by atoms with Crippen LogP contribution in [0.2, 0.25) is 10.0 Å². The summed E-state index contributed by atoms with van der Waals surface area (Å²) < 4.78 is 0. The number of anilines is 3. The molecule has 0 saturated heterocycles. The van der Waals surface area contributed by atoms with Gasteiger partial charge in [-0.05, 0) is 37.3 Å². The molecule has 0 spiro atoms. The molecular formula is C18H15Cl2N3OS. The summed E-state index contributed by atoms with van der Waals surface area (Å²) in [5.41, 5.74) is 2.28. The number of carbonyl (C=O) groups is 1. The monoisotopic (exact) mass is 391 g/mol. The van der Waals surface area contributed by atoms with Crippen LogP contribution in [-0.4, -0.2) is 17.9 Å². The Balaban J connectivity index is 1.82. The van der Waals surface area contributed by atoms with E-state index in [0.717, 1.165) is 10.8 Å². The molecule has 2 aromatic carbocycles. The molecule has 0 saturated carbocycles. The molecule has 0 aliphatic carbocycles. The van der Waals surface area contributed by atoms with Crippen molar-refractivity contribution in [3.63, 3.8) is 0 Å². The van der Waals surface area contributed by atoms with Crippen LogP contribution in [0, 0.1) is 6.92 Å². The maximum atomic E-state index is 12.6. The Morgan fingerprint density at radius 3 is 2.52 bits per heavy atom. The molecule has 0 atom stereocenters. The predicted molar refractivity (Wildman–Crippen MR) is 106 cm³/mol. The average Bonchev–Trinajstić information content (AvgIpc) is 3.00. The Morgan fingerprint density at radius 2 is 1.84 bits per heavy atom. The van der Waals surface area contributed by atoms with Crippen LogP contribution < -0.4 is 10.2 Å². The van der Waals surface area contributed by atoms with E-state index < -0.39 is 0 Å². The highest BCUT2D eigenvalue weighted by Crippen LogP contribution is 2.31. The van der Waals surface area contributed by atoms with E-state index in [1.807, 2.05) is 49.2 Å². The number of aromatic nitrogens is 1. The maximum absolute atomic E-state index is 12.6. The lowest BCUT2D eigenvalue weighted by Gasteiger charge is -2.15. The fourth-order valence-corrected chi connectivity index (χ4v) is 3.50. The number of hydrogen-bond acceptors (Lipinski definition) is 4. The van der Waals surface area contributed by atoms with Crippen LogP contribution in [0.15, 0.2) is 48.5 Å². The van der Waals surface area contributed by atoms with E-state index in [9.17, 15) is 4.79 Å². The quantitative estimate of drug-likeness (QED) is 0.612. The van der Waals surface area contributed by atoms with Gasteiger partial charge in [0.1, 0.15) is 4.88 Å². The van der Waals surface area contributed by atoms with Crippen molar-refractivity contribution in [3.05, 3.63) is 69.1 Å². The van der Waals surface area contributed by atoms with Gasteiger partial charge in [0.15, 0.2) is 5.13 Å². The highest BCUT2D eigenvalue weighted by atomic mass is 35.5. The molecule has 1 amide bonds. The number of carbonyl (C=O) groups excluding carboxylic acids is 1. The Hall–Kier alpha value is -2.08. The summed E-state index contributed by atoms with van der Waals surface area (Å²) in [7, 11) is 1.92. The van der Waals surface area contributed by atoms with E-state index in [1.165, 1.54) is 11.3 Å². The number of halogens is 2. The van der Waals surface area contributed by atoms with Gasteiger partial charge in [-0.25, -0.2) is 4.98 Å². The molecule has 0 bridgehead atoms. The fourth-order valence-electron chi connectivity index (χ4n) is 2.26. The zero-order chi connectivity index (χ0) is 18.0. The van der Waals surface area contributed by atoms with Crippen molar-refractivity contribution < 1.29 is 4.79 Å². The average molecular weight is 392 g/mol. The largest absolute Gasteiger partial charge is 0.321 e. The van der Waals surface area contributed by atoms with Crippen molar-refractivity contribution in [2.45, 2.75) is 6.92 Å². The molecule has 0 fully saturated rings. The van der Waals surface area contributed by atoms with E-state index in [2.05, 4.69) is 10.3 Å². The minimum atomic E-state index is -0.221. The number of para-hydroxylation sites is 1. The van der Waals surface area contributed by atoms with Crippen LogP contribution in [0.5, 0.6) is 0 Å². The Labute approximate surface area is 160 Å². The van der Waals surface area contributed by atoms with Gasteiger partial charge in [0.25, 0.3) is 5.91 Å². The smallest absolute Gasteiger partial charge is 0.267 e. The van der Waals surface area contributed by atoms with Crippen LogP contribution in [0.3, 0.4) is 0 Å². The van der Waals surface area contributed by atoms with Crippen molar-refractivity contribution in [1.29, 1.82) is 0 Å². The molecule has 0 unspecified atom stereocenters. The molecule has 128 valence electrons. The lowest BCUT2D eigenvalue weighted by atomic mass is 10.3. The first-order valence-corrected chi connectivity index (χ1v) is 9.05. The third-order valence-electron chi connectivity index (χ3n) is 3.60. The highest BCUT2D eigenvalue weighted by Gasteiger charge is 2.18. The lowest BCUT2D eigenvalue weighted by molar-refractivity contribution is 0.103. The van der Waals surface area contributed by atoms with Crippen LogP contribution in [0.1, 0.15) is 15.4 Å². The van der Waals surface area contributed by atoms with E-state index >= 15 is 0 Å². The van der Waals surface area contributed by atoms with Gasteiger partial charge in [0, 0.05) is 18.4 Å². The number of aryl methyl sites for hydroxylation is 1. The van der Waals surface area contributed by atoms with Gasteiger partial charge in [-0.2, -0.15) is 0 Å². The number of thiazole rings is 1. The van der Waals surface area contributed by atoms with Crippen molar-refractivity contribution in [3.8, 4) is 0 Å². The first-order valence-electron chi connectivity index (χ1n) is 7.48. The molecule has 7 heteroatoms. The van der Waals surface area contributed by atoms with Gasteiger partial charge >= 0.3 is 0 Å². The van der Waals surface area contributed by atoms with Crippen molar-refractivity contribution in [1.82, 2.24) is 4.98 Å². The second-order valence-electron chi connectivity index (χ2n) is 5.39. The molecule has 4 nitrogen and oxygen atoms in total. The zero-order valence-corrected chi connectivity index (χ0v) is 15.9. The van der Waals surface area contributed by atoms with E-state index in [0.29, 0.717) is 26.3 Å². The summed E-state index contributed by atoms with van der Waals surface area (Å²) in [6.07, 6.45) is 0. The van der Waals surface area contributed by atoms with Gasteiger partial charge in [0.2, 0.25) is 0 Å². The van der Waals surface area contributed by atoms with E-state index in [4.69, 9.17) is 23.2 Å². The molecule has 25 heavy (non-hydrogen) atoms. The van der Waals surface area contributed by atoms with Crippen LogP contribution in [-0.2, 0) is 0 Å². The minimum Gasteiger partial charge on any atom is -0.321 e. The van der Waals surface area contributed by atoms with Crippen LogP contribution in [0.4, 0.5) is 16.5 Å². The Morgan fingerprint density at radius 1 is 1.12 bits per heavy atom. The molecule has 1 heterocycles. The second kappa shape index (κ2) is 7.44. The van der Waals surface area contributed by atoms with Crippen molar-refractivity contribution in [2.75, 3.05) is 17.3 Å². The maximum Gasteiger partial charge on any atom is 0.267 e.